The van der Waals surface area contributed by atoms with Gasteiger partial charge in [0, 0.05) is 24.5 Å². The highest BCUT2D eigenvalue weighted by Gasteiger charge is 2.00. The van der Waals surface area contributed by atoms with E-state index in [9.17, 15) is 4.79 Å². The van der Waals surface area contributed by atoms with Crippen LogP contribution in [0.2, 0.25) is 0 Å². The lowest BCUT2D eigenvalue weighted by Crippen LogP contribution is -2.24. The third-order valence-electron chi connectivity index (χ3n) is 2.15. The number of ether oxygens (including phenoxy) is 1. The second kappa shape index (κ2) is 4.61. The van der Waals surface area contributed by atoms with Crippen molar-refractivity contribution in [2.75, 3.05) is 7.11 Å². The highest BCUT2D eigenvalue weighted by atomic mass is 16.5. The van der Waals surface area contributed by atoms with Gasteiger partial charge < -0.3 is 4.74 Å². The van der Waals surface area contributed by atoms with Crippen LogP contribution in [0.25, 0.3) is 0 Å². The van der Waals surface area contributed by atoms with E-state index < -0.39 is 0 Å². The van der Waals surface area contributed by atoms with Crippen molar-refractivity contribution in [2.24, 2.45) is 0 Å². The van der Waals surface area contributed by atoms with Gasteiger partial charge in [0.2, 0.25) is 5.88 Å². The summed E-state index contributed by atoms with van der Waals surface area (Å²) >= 11 is 0. The largest absolute Gasteiger partial charge is 0.480 e. The van der Waals surface area contributed by atoms with E-state index in [-0.39, 0.29) is 5.56 Å². The molecular formula is C10H12N4O2. The molecule has 2 aromatic heterocycles. The average molecular weight is 220 g/mol. The maximum absolute atomic E-state index is 11.5. The van der Waals surface area contributed by atoms with Crippen molar-refractivity contribution in [1.82, 2.24) is 19.6 Å². The fraction of sp³-hybridized carbons (Fsp3) is 0.300. The zero-order chi connectivity index (χ0) is 11.4. The fourth-order valence-corrected chi connectivity index (χ4v) is 1.33. The zero-order valence-corrected chi connectivity index (χ0v) is 8.91. The maximum atomic E-state index is 11.5. The molecule has 0 aliphatic carbocycles. The van der Waals surface area contributed by atoms with E-state index in [1.807, 2.05) is 12.3 Å². The van der Waals surface area contributed by atoms with Crippen molar-refractivity contribution in [1.29, 1.82) is 0 Å². The van der Waals surface area contributed by atoms with E-state index in [1.165, 1.54) is 17.9 Å². The molecule has 2 rings (SSSR count). The number of aryl methyl sites for hydroxylation is 2. The molecule has 2 aromatic rings. The van der Waals surface area contributed by atoms with E-state index >= 15 is 0 Å². The topological polar surface area (TPSA) is 61.9 Å². The Balaban J connectivity index is 2.11. The van der Waals surface area contributed by atoms with Crippen LogP contribution in [-0.2, 0) is 13.1 Å². The first-order valence-electron chi connectivity index (χ1n) is 4.89. The van der Waals surface area contributed by atoms with Crippen LogP contribution in [0.5, 0.6) is 5.88 Å². The van der Waals surface area contributed by atoms with Gasteiger partial charge in [0.25, 0.3) is 5.56 Å². The van der Waals surface area contributed by atoms with Crippen molar-refractivity contribution in [3.63, 3.8) is 0 Å². The van der Waals surface area contributed by atoms with Gasteiger partial charge in [-0.2, -0.15) is 5.10 Å². The molecule has 0 aliphatic heterocycles. The Hall–Kier alpha value is -2.11. The van der Waals surface area contributed by atoms with Gasteiger partial charge in [-0.1, -0.05) is 0 Å². The minimum Gasteiger partial charge on any atom is -0.480 e. The van der Waals surface area contributed by atoms with E-state index in [4.69, 9.17) is 4.74 Å². The molecule has 0 N–H and O–H groups in total. The first-order valence-corrected chi connectivity index (χ1v) is 4.89. The third kappa shape index (κ3) is 2.28. The Morgan fingerprint density at radius 3 is 2.94 bits per heavy atom. The van der Waals surface area contributed by atoms with Crippen LogP contribution in [0.1, 0.15) is 0 Å². The molecular weight excluding hydrogens is 208 g/mol. The fourth-order valence-electron chi connectivity index (χ4n) is 1.33. The van der Waals surface area contributed by atoms with Crippen LogP contribution in [0.3, 0.4) is 0 Å². The number of aromatic nitrogens is 4. The Morgan fingerprint density at radius 1 is 1.38 bits per heavy atom. The van der Waals surface area contributed by atoms with Gasteiger partial charge in [-0.15, -0.1) is 5.10 Å². The lowest BCUT2D eigenvalue weighted by Gasteiger charge is -2.05. The van der Waals surface area contributed by atoms with Crippen LogP contribution in [0, 0.1) is 0 Å². The summed E-state index contributed by atoms with van der Waals surface area (Å²) in [6.45, 7) is 1.07. The summed E-state index contributed by atoms with van der Waals surface area (Å²) in [6, 6.07) is 4.82. The number of hydrogen-bond donors (Lipinski definition) is 0. The van der Waals surface area contributed by atoms with Crippen molar-refractivity contribution < 1.29 is 4.74 Å². The van der Waals surface area contributed by atoms with Crippen molar-refractivity contribution in [3.8, 4) is 5.88 Å². The summed E-state index contributed by atoms with van der Waals surface area (Å²) < 4.78 is 8.06. The van der Waals surface area contributed by atoms with Gasteiger partial charge >= 0.3 is 0 Å². The molecule has 0 amide bonds. The van der Waals surface area contributed by atoms with Gasteiger partial charge in [0.15, 0.2) is 0 Å². The molecule has 0 aliphatic rings. The lowest BCUT2D eigenvalue weighted by molar-refractivity contribution is 0.369. The number of rotatable bonds is 4. The lowest BCUT2D eigenvalue weighted by atomic mass is 10.5. The van der Waals surface area contributed by atoms with E-state index in [0.29, 0.717) is 19.0 Å². The average Bonchev–Trinajstić information content (AvgIpc) is 2.81. The molecule has 6 nitrogen and oxygen atoms in total. The van der Waals surface area contributed by atoms with Gasteiger partial charge in [-0.25, -0.2) is 4.68 Å². The Bertz CT molecular complexity index is 504. The minimum atomic E-state index is -0.145. The summed E-state index contributed by atoms with van der Waals surface area (Å²) in [5.74, 6) is 0.431. The predicted octanol–water partition coefficient (Wildman–Crippen LogP) is 0.149. The summed E-state index contributed by atoms with van der Waals surface area (Å²) in [6.07, 6.45) is 3.53. The highest BCUT2D eigenvalue weighted by Crippen LogP contribution is 1.99. The maximum Gasteiger partial charge on any atom is 0.267 e. The van der Waals surface area contributed by atoms with Crippen LogP contribution in [-0.4, -0.2) is 26.7 Å². The quantitative estimate of drug-likeness (QED) is 0.735. The molecule has 0 fully saturated rings. The SMILES string of the molecule is COc1ccc(=O)n(CCn2cccn2)n1. The van der Waals surface area contributed by atoms with Crippen LogP contribution in [0.15, 0.2) is 35.4 Å². The first-order chi connectivity index (χ1) is 7.79. The first kappa shape index (κ1) is 10.4. The van der Waals surface area contributed by atoms with Crippen LogP contribution >= 0.6 is 0 Å². The van der Waals surface area contributed by atoms with Crippen molar-refractivity contribution >= 4 is 0 Å². The van der Waals surface area contributed by atoms with Crippen LogP contribution in [0.4, 0.5) is 0 Å². The molecule has 0 radical (unpaired) electrons. The molecule has 0 spiro atoms. The second-order valence-corrected chi connectivity index (χ2v) is 3.21. The van der Waals surface area contributed by atoms with Gasteiger partial charge in [-0.3, -0.25) is 9.48 Å². The Labute approximate surface area is 92.1 Å². The summed E-state index contributed by atoms with van der Waals surface area (Å²) in [7, 11) is 1.52. The molecule has 0 bridgehead atoms. The summed E-state index contributed by atoms with van der Waals surface area (Å²) in [5.41, 5.74) is -0.145. The summed E-state index contributed by atoms with van der Waals surface area (Å²) in [4.78, 5) is 11.5. The van der Waals surface area contributed by atoms with E-state index in [1.54, 1.807) is 16.9 Å². The monoisotopic (exact) mass is 220 g/mol. The van der Waals surface area contributed by atoms with Crippen molar-refractivity contribution in [2.45, 2.75) is 13.1 Å². The van der Waals surface area contributed by atoms with E-state index in [0.717, 1.165) is 0 Å². The smallest absolute Gasteiger partial charge is 0.267 e. The second-order valence-electron chi connectivity index (χ2n) is 3.21. The number of nitrogens with zero attached hydrogens (tertiary/aromatic N) is 4. The molecule has 0 atom stereocenters. The van der Waals surface area contributed by atoms with Crippen LogP contribution < -0.4 is 10.3 Å². The normalized spacial score (nSPS) is 10.3. The molecule has 84 valence electrons. The molecule has 6 heteroatoms. The van der Waals surface area contributed by atoms with Crippen molar-refractivity contribution in [3.05, 3.63) is 40.9 Å². The standard InChI is InChI=1S/C10H12N4O2/c1-16-9-3-4-10(15)14(12-9)8-7-13-6-2-5-11-13/h2-6H,7-8H2,1H3. The highest BCUT2D eigenvalue weighted by molar-refractivity contribution is 5.05. The minimum absolute atomic E-state index is 0.145. The Morgan fingerprint density at radius 2 is 2.25 bits per heavy atom. The van der Waals surface area contributed by atoms with Gasteiger partial charge in [0.05, 0.1) is 20.2 Å². The molecule has 16 heavy (non-hydrogen) atoms. The van der Waals surface area contributed by atoms with Gasteiger partial charge in [0.1, 0.15) is 0 Å². The summed E-state index contributed by atoms with van der Waals surface area (Å²) in [5, 5.41) is 8.08. The zero-order valence-electron chi connectivity index (χ0n) is 8.91. The number of methoxy groups -OCH3 is 1. The van der Waals surface area contributed by atoms with Gasteiger partial charge in [-0.05, 0) is 6.07 Å². The Kier molecular flexibility index (Phi) is 3.00. The van der Waals surface area contributed by atoms with E-state index in [2.05, 4.69) is 10.2 Å². The predicted molar refractivity (Wildman–Crippen MR) is 57.3 cm³/mol. The molecule has 0 saturated heterocycles. The molecule has 0 aromatic carbocycles. The molecule has 0 unspecified atom stereocenters. The third-order valence-corrected chi connectivity index (χ3v) is 2.15. The number of hydrogen-bond acceptors (Lipinski definition) is 4. The molecule has 2 heterocycles. The molecule has 0 saturated carbocycles.